The van der Waals surface area contributed by atoms with Crippen molar-refractivity contribution in [2.45, 2.75) is 38.1 Å². The number of amides is 1. The third kappa shape index (κ3) is 3.45. The van der Waals surface area contributed by atoms with Crippen molar-refractivity contribution in [1.82, 2.24) is 5.01 Å². The molecule has 7 nitrogen and oxygen atoms in total. The van der Waals surface area contributed by atoms with E-state index in [-0.39, 0.29) is 30.7 Å². The Balaban J connectivity index is 1.68. The van der Waals surface area contributed by atoms with Crippen LogP contribution in [-0.4, -0.2) is 27.7 Å². The molecule has 1 amide bonds. The van der Waals surface area contributed by atoms with Crippen LogP contribution in [0.2, 0.25) is 0 Å². The molecule has 0 radical (unpaired) electrons. The fourth-order valence-corrected chi connectivity index (χ4v) is 3.82. The van der Waals surface area contributed by atoms with Crippen LogP contribution in [0, 0.1) is 5.92 Å². The van der Waals surface area contributed by atoms with Crippen molar-refractivity contribution in [2.75, 3.05) is 0 Å². The van der Waals surface area contributed by atoms with Gasteiger partial charge >= 0.3 is 5.97 Å². The lowest BCUT2D eigenvalue weighted by atomic mass is 9.79. The molecule has 1 saturated carbocycles. The standard InChI is InChI=1S/C20H20N2O5/c23-17(8-9-18(24)25)22-20(16-7-3-11-27-16)15-6-1-4-13(19(15)21-22)12-14-5-2-10-26-14/h2-3,5,7,10-12,15,20H,1,4,6,8-9H2,(H,24,25)/b13-12-. The predicted molar refractivity (Wildman–Crippen MR) is 96.6 cm³/mol. The van der Waals surface area contributed by atoms with Crippen molar-refractivity contribution in [3.05, 3.63) is 53.9 Å². The van der Waals surface area contributed by atoms with Gasteiger partial charge in [-0.2, -0.15) is 5.10 Å². The number of rotatable bonds is 5. The molecule has 2 unspecified atom stereocenters. The molecule has 0 bridgehead atoms. The van der Waals surface area contributed by atoms with Crippen molar-refractivity contribution >= 4 is 23.7 Å². The Bertz CT molecular complexity index is 880. The lowest BCUT2D eigenvalue weighted by molar-refractivity contribution is -0.141. The van der Waals surface area contributed by atoms with Gasteiger partial charge in [-0.25, -0.2) is 5.01 Å². The smallest absolute Gasteiger partial charge is 0.303 e. The Labute approximate surface area is 155 Å². The number of carboxylic acids is 1. The second kappa shape index (κ2) is 7.26. The van der Waals surface area contributed by atoms with Crippen molar-refractivity contribution < 1.29 is 23.5 Å². The van der Waals surface area contributed by atoms with E-state index in [0.29, 0.717) is 5.76 Å². The van der Waals surface area contributed by atoms with Crippen LogP contribution in [0.3, 0.4) is 0 Å². The summed E-state index contributed by atoms with van der Waals surface area (Å²) in [7, 11) is 0. The summed E-state index contributed by atoms with van der Waals surface area (Å²) in [5.41, 5.74) is 1.91. The van der Waals surface area contributed by atoms with E-state index in [0.717, 1.165) is 36.3 Å². The summed E-state index contributed by atoms with van der Waals surface area (Å²) in [5, 5.41) is 14.9. The van der Waals surface area contributed by atoms with Gasteiger partial charge in [0.2, 0.25) is 5.91 Å². The molecule has 2 aromatic heterocycles. The molecule has 1 aliphatic carbocycles. The number of carbonyl (C=O) groups is 2. The second-order valence-electron chi connectivity index (χ2n) is 6.76. The maximum Gasteiger partial charge on any atom is 0.303 e. The van der Waals surface area contributed by atoms with Crippen molar-refractivity contribution in [3.63, 3.8) is 0 Å². The molecule has 0 saturated heterocycles. The Morgan fingerprint density at radius 3 is 2.74 bits per heavy atom. The second-order valence-corrected chi connectivity index (χ2v) is 6.76. The van der Waals surface area contributed by atoms with E-state index in [2.05, 4.69) is 5.10 Å². The molecule has 0 aromatic carbocycles. The van der Waals surface area contributed by atoms with Gasteiger partial charge in [-0.1, -0.05) is 0 Å². The van der Waals surface area contributed by atoms with Crippen molar-refractivity contribution in [2.24, 2.45) is 11.0 Å². The molecule has 2 atom stereocenters. The topological polar surface area (TPSA) is 96.2 Å². The van der Waals surface area contributed by atoms with Gasteiger partial charge in [0.1, 0.15) is 17.6 Å². The Morgan fingerprint density at radius 1 is 1.22 bits per heavy atom. The van der Waals surface area contributed by atoms with Crippen LogP contribution in [0.4, 0.5) is 0 Å². The molecule has 1 aliphatic heterocycles. The largest absolute Gasteiger partial charge is 0.481 e. The minimum atomic E-state index is -0.999. The highest BCUT2D eigenvalue weighted by atomic mass is 16.4. The lowest BCUT2D eigenvalue weighted by Gasteiger charge is -2.27. The Kier molecular flexibility index (Phi) is 4.66. The Hall–Kier alpha value is -3.09. The van der Waals surface area contributed by atoms with E-state index in [1.54, 1.807) is 18.6 Å². The van der Waals surface area contributed by atoms with Crippen LogP contribution in [0.1, 0.15) is 49.7 Å². The number of aliphatic carboxylic acids is 1. The summed E-state index contributed by atoms with van der Waals surface area (Å²) in [6, 6.07) is 7.00. The van der Waals surface area contributed by atoms with E-state index in [4.69, 9.17) is 13.9 Å². The van der Waals surface area contributed by atoms with Crippen LogP contribution < -0.4 is 0 Å². The fourth-order valence-electron chi connectivity index (χ4n) is 3.82. The summed E-state index contributed by atoms with van der Waals surface area (Å²) in [6.07, 6.45) is 7.59. The zero-order valence-electron chi connectivity index (χ0n) is 14.7. The van der Waals surface area contributed by atoms with Gasteiger partial charge in [-0.3, -0.25) is 9.59 Å². The van der Waals surface area contributed by atoms with Crippen molar-refractivity contribution in [1.29, 1.82) is 0 Å². The van der Waals surface area contributed by atoms with Crippen molar-refractivity contribution in [3.8, 4) is 0 Å². The number of carbonyl (C=O) groups excluding carboxylic acids is 1. The molecule has 27 heavy (non-hydrogen) atoms. The first kappa shape index (κ1) is 17.3. The number of hydrazone groups is 1. The zero-order chi connectivity index (χ0) is 18.8. The third-order valence-electron chi connectivity index (χ3n) is 5.00. The maximum absolute atomic E-state index is 12.7. The minimum absolute atomic E-state index is 0.0277. The van der Waals surface area contributed by atoms with E-state index in [9.17, 15) is 9.59 Å². The molecule has 2 aliphatic rings. The fraction of sp³-hybridized carbons (Fsp3) is 0.350. The van der Waals surface area contributed by atoms with Crippen LogP contribution >= 0.6 is 0 Å². The van der Waals surface area contributed by atoms with Gasteiger partial charge in [-0.05, 0) is 55.2 Å². The monoisotopic (exact) mass is 368 g/mol. The summed E-state index contributed by atoms with van der Waals surface area (Å²) >= 11 is 0. The number of fused-ring (bicyclic) bond motifs is 1. The van der Waals surface area contributed by atoms with Gasteiger partial charge in [0.05, 0.1) is 24.7 Å². The van der Waals surface area contributed by atoms with Crippen LogP contribution in [-0.2, 0) is 9.59 Å². The molecule has 3 heterocycles. The summed E-state index contributed by atoms with van der Waals surface area (Å²) in [6.45, 7) is 0. The molecule has 1 N–H and O–H groups in total. The van der Waals surface area contributed by atoms with Gasteiger partial charge in [0, 0.05) is 12.3 Å². The molecule has 7 heteroatoms. The summed E-state index contributed by atoms with van der Waals surface area (Å²) in [4.78, 5) is 23.6. The number of hydrogen-bond acceptors (Lipinski definition) is 5. The molecule has 0 spiro atoms. The van der Waals surface area contributed by atoms with E-state index >= 15 is 0 Å². The minimum Gasteiger partial charge on any atom is -0.481 e. The highest BCUT2D eigenvalue weighted by Crippen LogP contribution is 2.44. The summed E-state index contributed by atoms with van der Waals surface area (Å²) in [5.74, 6) is 0.138. The van der Waals surface area contributed by atoms with Crippen LogP contribution in [0.5, 0.6) is 0 Å². The van der Waals surface area contributed by atoms with Crippen LogP contribution in [0.25, 0.3) is 6.08 Å². The molecular formula is C20H20N2O5. The average Bonchev–Trinajstić information content (AvgIpc) is 3.39. The van der Waals surface area contributed by atoms with Crippen LogP contribution in [0.15, 0.2) is 56.3 Å². The number of allylic oxidation sites excluding steroid dienone is 1. The number of carboxylic acid groups (broad SMARTS) is 1. The average molecular weight is 368 g/mol. The number of hydrogen-bond donors (Lipinski definition) is 1. The van der Waals surface area contributed by atoms with Gasteiger partial charge in [-0.15, -0.1) is 0 Å². The first-order valence-corrected chi connectivity index (χ1v) is 9.03. The van der Waals surface area contributed by atoms with Gasteiger partial charge < -0.3 is 13.9 Å². The first-order chi connectivity index (χ1) is 13.1. The van der Waals surface area contributed by atoms with Gasteiger partial charge in [0.15, 0.2) is 0 Å². The Morgan fingerprint density at radius 2 is 2.04 bits per heavy atom. The van der Waals surface area contributed by atoms with E-state index < -0.39 is 5.97 Å². The normalized spacial score (nSPS) is 23.3. The van der Waals surface area contributed by atoms with E-state index in [1.165, 1.54) is 5.01 Å². The molecule has 4 rings (SSSR count). The quantitative estimate of drug-likeness (QED) is 0.864. The molecule has 2 aromatic rings. The maximum atomic E-state index is 12.7. The summed E-state index contributed by atoms with van der Waals surface area (Å²) < 4.78 is 11.0. The highest BCUT2D eigenvalue weighted by Gasteiger charge is 2.45. The predicted octanol–water partition coefficient (Wildman–Crippen LogP) is 3.86. The first-order valence-electron chi connectivity index (χ1n) is 9.03. The number of furan rings is 2. The molecule has 1 fully saturated rings. The molecule has 140 valence electrons. The van der Waals surface area contributed by atoms with Gasteiger partial charge in [0.25, 0.3) is 0 Å². The highest BCUT2D eigenvalue weighted by molar-refractivity contribution is 6.08. The van der Waals surface area contributed by atoms with E-state index in [1.807, 2.05) is 24.3 Å². The SMILES string of the molecule is O=C(O)CCC(=O)N1N=C2/C(=C\c3ccco3)CCCC2C1c1ccco1. The zero-order valence-corrected chi connectivity index (χ0v) is 14.7. The third-order valence-corrected chi connectivity index (χ3v) is 5.00. The lowest BCUT2D eigenvalue weighted by Crippen LogP contribution is -2.31. The number of nitrogens with zero attached hydrogens (tertiary/aromatic N) is 2. The molecular weight excluding hydrogens is 348 g/mol.